The Morgan fingerprint density at radius 3 is 2.67 bits per heavy atom. The number of carbonyl (C=O) groups excluding carboxylic acids is 1. The number of amides is 1. The lowest BCUT2D eigenvalue weighted by Gasteiger charge is -2.29. The predicted molar refractivity (Wildman–Crippen MR) is 105 cm³/mol. The molecule has 0 radical (unpaired) electrons. The van der Waals surface area contributed by atoms with Crippen molar-refractivity contribution in [2.24, 2.45) is 0 Å². The molecule has 1 aliphatic heterocycles. The van der Waals surface area contributed by atoms with Gasteiger partial charge in [0, 0.05) is 26.1 Å². The highest BCUT2D eigenvalue weighted by Crippen LogP contribution is 2.19. The lowest BCUT2D eigenvalue weighted by atomic mass is 10.1. The molecule has 1 aliphatic rings. The standard InChI is InChI=1S/C21H32N2O4/c1-16-7-8-20(14-17(16)2)27-13-5-11-22-10-4-6-19(9-12-22)23(18(3)24)15-21(25)26/h7-8,14,19H,4-6,9-13,15H2,1-3H3,(H,25,26). The van der Waals surface area contributed by atoms with Gasteiger partial charge in [-0.3, -0.25) is 9.59 Å². The van der Waals surface area contributed by atoms with Crippen molar-refractivity contribution in [3.05, 3.63) is 29.3 Å². The third-order valence-corrected chi connectivity index (χ3v) is 5.31. The second-order valence-electron chi connectivity index (χ2n) is 7.42. The summed E-state index contributed by atoms with van der Waals surface area (Å²) in [5, 5.41) is 9.04. The van der Waals surface area contributed by atoms with Gasteiger partial charge in [-0.25, -0.2) is 0 Å². The number of hydrogen-bond acceptors (Lipinski definition) is 4. The van der Waals surface area contributed by atoms with Crippen LogP contribution in [0, 0.1) is 13.8 Å². The minimum Gasteiger partial charge on any atom is -0.494 e. The molecule has 2 rings (SSSR count). The van der Waals surface area contributed by atoms with Gasteiger partial charge in [0.1, 0.15) is 12.3 Å². The molecule has 1 atom stereocenters. The Labute approximate surface area is 162 Å². The van der Waals surface area contributed by atoms with Crippen LogP contribution in [0.5, 0.6) is 5.75 Å². The predicted octanol–water partition coefficient (Wildman–Crippen LogP) is 2.86. The van der Waals surface area contributed by atoms with Gasteiger partial charge in [-0.2, -0.15) is 0 Å². The van der Waals surface area contributed by atoms with E-state index in [1.807, 2.05) is 6.07 Å². The Morgan fingerprint density at radius 1 is 1.22 bits per heavy atom. The Morgan fingerprint density at radius 2 is 2.00 bits per heavy atom. The first-order valence-electron chi connectivity index (χ1n) is 9.78. The van der Waals surface area contributed by atoms with Gasteiger partial charge in [-0.15, -0.1) is 0 Å². The van der Waals surface area contributed by atoms with Crippen LogP contribution in [0.2, 0.25) is 0 Å². The number of carboxylic acids is 1. The first kappa shape index (κ1) is 21.2. The van der Waals surface area contributed by atoms with Crippen LogP contribution in [0.3, 0.4) is 0 Å². The number of likely N-dealkylation sites (tertiary alicyclic amines) is 1. The van der Waals surface area contributed by atoms with Crippen LogP contribution in [0.4, 0.5) is 0 Å². The zero-order chi connectivity index (χ0) is 19.8. The van der Waals surface area contributed by atoms with E-state index in [0.717, 1.165) is 51.1 Å². The van der Waals surface area contributed by atoms with Crippen LogP contribution in [0.25, 0.3) is 0 Å². The highest BCUT2D eigenvalue weighted by atomic mass is 16.5. The van der Waals surface area contributed by atoms with Crippen molar-refractivity contribution in [2.45, 2.75) is 52.5 Å². The van der Waals surface area contributed by atoms with E-state index in [-0.39, 0.29) is 18.5 Å². The molecule has 1 N–H and O–H groups in total. The van der Waals surface area contributed by atoms with E-state index in [2.05, 4.69) is 30.9 Å². The van der Waals surface area contributed by atoms with Gasteiger partial charge in [-0.1, -0.05) is 6.07 Å². The Bertz CT molecular complexity index is 647. The number of carboxylic acid groups (broad SMARTS) is 1. The second kappa shape index (κ2) is 10.3. The molecule has 150 valence electrons. The van der Waals surface area contributed by atoms with E-state index in [1.165, 1.54) is 23.0 Å². The maximum atomic E-state index is 11.8. The number of rotatable bonds is 8. The normalized spacial score (nSPS) is 18.0. The topological polar surface area (TPSA) is 70.1 Å². The van der Waals surface area contributed by atoms with Crippen molar-refractivity contribution in [2.75, 3.05) is 32.8 Å². The van der Waals surface area contributed by atoms with E-state index in [4.69, 9.17) is 9.84 Å². The van der Waals surface area contributed by atoms with Crippen molar-refractivity contribution >= 4 is 11.9 Å². The van der Waals surface area contributed by atoms with Crippen molar-refractivity contribution in [1.82, 2.24) is 9.80 Å². The summed E-state index contributed by atoms with van der Waals surface area (Å²) in [6.07, 6.45) is 3.61. The lowest BCUT2D eigenvalue weighted by molar-refractivity contribution is -0.145. The molecule has 1 heterocycles. The highest BCUT2D eigenvalue weighted by Gasteiger charge is 2.25. The summed E-state index contributed by atoms with van der Waals surface area (Å²) in [4.78, 5) is 26.7. The van der Waals surface area contributed by atoms with Crippen LogP contribution in [0.15, 0.2) is 18.2 Å². The first-order valence-corrected chi connectivity index (χ1v) is 9.78. The number of aliphatic carboxylic acids is 1. The summed E-state index contributed by atoms with van der Waals surface area (Å²) >= 11 is 0. The van der Waals surface area contributed by atoms with Crippen molar-refractivity contribution in [3.8, 4) is 5.75 Å². The number of ether oxygens (including phenoxy) is 1. The third-order valence-electron chi connectivity index (χ3n) is 5.31. The number of carbonyl (C=O) groups is 2. The van der Waals surface area contributed by atoms with Crippen LogP contribution < -0.4 is 4.74 Å². The Balaban J connectivity index is 1.74. The Hall–Kier alpha value is -2.08. The van der Waals surface area contributed by atoms with Crippen LogP contribution in [-0.2, 0) is 9.59 Å². The van der Waals surface area contributed by atoms with Crippen molar-refractivity contribution in [3.63, 3.8) is 0 Å². The summed E-state index contributed by atoms with van der Waals surface area (Å²) in [5.41, 5.74) is 2.51. The van der Waals surface area contributed by atoms with Gasteiger partial charge >= 0.3 is 5.97 Å². The zero-order valence-corrected chi connectivity index (χ0v) is 16.7. The summed E-state index contributed by atoms with van der Waals surface area (Å²) in [7, 11) is 0. The fourth-order valence-electron chi connectivity index (χ4n) is 3.60. The lowest BCUT2D eigenvalue weighted by Crippen LogP contribution is -2.42. The molecule has 6 heteroatoms. The van der Waals surface area contributed by atoms with Gasteiger partial charge in [0.05, 0.1) is 6.61 Å². The SMILES string of the molecule is CC(=O)N(CC(=O)O)C1CCCN(CCCOc2ccc(C)c(C)c2)CC1. The third kappa shape index (κ3) is 6.86. The summed E-state index contributed by atoms with van der Waals surface area (Å²) in [6, 6.07) is 6.19. The first-order chi connectivity index (χ1) is 12.9. The molecular weight excluding hydrogens is 344 g/mol. The Kier molecular flexibility index (Phi) is 8.10. The summed E-state index contributed by atoms with van der Waals surface area (Å²) in [6.45, 7) is 8.94. The molecule has 0 aromatic heterocycles. The monoisotopic (exact) mass is 376 g/mol. The maximum Gasteiger partial charge on any atom is 0.323 e. The van der Waals surface area contributed by atoms with Crippen LogP contribution in [0.1, 0.15) is 43.7 Å². The van der Waals surface area contributed by atoms with Gasteiger partial charge < -0.3 is 19.6 Å². The maximum absolute atomic E-state index is 11.8. The number of hydrogen-bond donors (Lipinski definition) is 1. The summed E-state index contributed by atoms with van der Waals surface area (Å²) < 4.78 is 5.85. The van der Waals surface area contributed by atoms with E-state index in [0.29, 0.717) is 6.61 Å². The van der Waals surface area contributed by atoms with Crippen LogP contribution in [-0.4, -0.2) is 65.6 Å². The number of aryl methyl sites for hydroxylation is 2. The molecule has 1 amide bonds. The van der Waals surface area contributed by atoms with Crippen molar-refractivity contribution in [1.29, 1.82) is 0 Å². The minimum atomic E-state index is -0.949. The van der Waals surface area contributed by atoms with E-state index < -0.39 is 5.97 Å². The molecule has 1 saturated heterocycles. The van der Waals surface area contributed by atoms with Gasteiger partial charge in [0.15, 0.2) is 0 Å². The largest absolute Gasteiger partial charge is 0.494 e. The molecule has 0 spiro atoms. The average Bonchev–Trinajstić information content (AvgIpc) is 2.85. The molecule has 6 nitrogen and oxygen atoms in total. The van der Waals surface area contributed by atoms with Crippen molar-refractivity contribution < 1.29 is 19.4 Å². The molecule has 1 unspecified atom stereocenters. The fourth-order valence-corrected chi connectivity index (χ4v) is 3.60. The van der Waals surface area contributed by atoms with E-state index in [9.17, 15) is 9.59 Å². The molecular formula is C21H32N2O4. The number of benzene rings is 1. The van der Waals surface area contributed by atoms with Gasteiger partial charge in [-0.05, 0) is 69.3 Å². The molecule has 0 aliphatic carbocycles. The zero-order valence-electron chi connectivity index (χ0n) is 16.7. The minimum absolute atomic E-state index is 0.0235. The molecule has 0 saturated carbocycles. The smallest absolute Gasteiger partial charge is 0.323 e. The molecule has 27 heavy (non-hydrogen) atoms. The average molecular weight is 376 g/mol. The van der Waals surface area contributed by atoms with Crippen LogP contribution >= 0.6 is 0 Å². The van der Waals surface area contributed by atoms with E-state index >= 15 is 0 Å². The second-order valence-corrected chi connectivity index (χ2v) is 7.42. The molecule has 1 aromatic carbocycles. The van der Waals surface area contributed by atoms with E-state index in [1.54, 1.807) is 0 Å². The summed E-state index contributed by atoms with van der Waals surface area (Å²) in [5.74, 6) is -0.188. The number of nitrogens with zero attached hydrogens (tertiary/aromatic N) is 2. The molecule has 0 bridgehead atoms. The quantitative estimate of drug-likeness (QED) is 0.707. The molecule has 1 fully saturated rings. The van der Waals surface area contributed by atoms with Gasteiger partial charge in [0.25, 0.3) is 0 Å². The molecule has 1 aromatic rings. The fraction of sp³-hybridized carbons (Fsp3) is 0.619. The van der Waals surface area contributed by atoms with Gasteiger partial charge in [0.2, 0.25) is 5.91 Å². The highest BCUT2D eigenvalue weighted by molar-refractivity contribution is 5.79.